The van der Waals surface area contributed by atoms with Crippen LogP contribution in [0, 0.1) is 5.41 Å². The van der Waals surface area contributed by atoms with Crippen LogP contribution >= 0.6 is 0 Å². The number of rotatable bonds is 6. The molecule has 0 radical (unpaired) electrons. The maximum absolute atomic E-state index is 9.55. The highest BCUT2D eigenvalue weighted by Gasteiger charge is 2.25. The van der Waals surface area contributed by atoms with Gasteiger partial charge in [-0.15, -0.1) is 0 Å². The van der Waals surface area contributed by atoms with Gasteiger partial charge in [0.1, 0.15) is 5.82 Å². The van der Waals surface area contributed by atoms with E-state index in [1.54, 1.807) is 6.20 Å². The predicted octanol–water partition coefficient (Wildman–Crippen LogP) is 2.84. The molecule has 0 saturated carbocycles. The fraction of sp³-hybridized carbons (Fsp3) is 0.467. The zero-order valence-electron chi connectivity index (χ0n) is 11.6. The topological polar surface area (TPSA) is 58.0 Å². The van der Waals surface area contributed by atoms with Gasteiger partial charge in [0, 0.05) is 12.0 Å². The first-order valence-electron chi connectivity index (χ1n) is 6.79. The Bertz CT molecular complexity index is 529. The molecule has 0 aliphatic carbocycles. The maximum Gasteiger partial charge on any atom is 0.145 e. The lowest BCUT2D eigenvalue weighted by Crippen LogP contribution is -2.32. The number of anilines is 1. The third-order valence-corrected chi connectivity index (χ3v) is 3.93. The number of nitrogens with one attached hydrogen (secondary N) is 1. The Morgan fingerprint density at radius 3 is 2.47 bits per heavy atom. The van der Waals surface area contributed by atoms with Crippen molar-refractivity contribution in [1.82, 2.24) is 9.97 Å². The van der Waals surface area contributed by atoms with E-state index in [1.165, 1.54) is 0 Å². The summed E-state index contributed by atoms with van der Waals surface area (Å²) in [5.74, 6) is 0.762. The van der Waals surface area contributed by atoms with Crippen LogP contribution in [0.5, 0.6) is 0 Å². The largest absolute Gasteiger partial charge is 0.396 e. The van der Waals surface area contributed by atoms with Crippen molar-refractivity contribution in [3.05, 3.63) is 30.5 Å². The minimum Gasteiger partial charge on any atom is -0.396 e. The highest BCUT2D eigenvalue weighted by atomic mass is 16.3. The zero-order valence-corrected chi connectivity index (χ0v) is 11.6. The molecular formula is C15H21N3O. The van der Waals surface area contributed by atoms with Gasteiger partial charge in [-0.05, 0) is 25.0 Å². The summed E-state index contributed by atoms with van der Waals surface area (Å²) >= 11 is 0. The van der Waals surface area contributed by atoms with Crippen LogP contribution in [0.3, 0.4) is 0 Å². The predicted molar refractivity (Wildman–Crippen MR) is 78.1 cm³/mol. The second-order valence-corrected chi connectivity index (χ2v) is 4.96. The number of aromatic nitrogens is 2. The van der Waals surface area contributed by atoms with Gasteiger partial charge in [-0.25, -0.2) is 4.98 Å². The quantitative estimate of drug-likeness (QED) is 0.837. The summed E-state index contributed by atoms with van der Waals surface area (Å²) < 4.78 is 0. The molecule has 0 amide bonds. The third kappa shape index (κ3) is 3.01. The fourth-order valence-electron chi connectivity index (χ4n) is 2.10. The van der Waals surface area contributed by atoms with E-state index in [9.17, 15) is 5.11 Å². The van der Waals surface area contributed by atoms with Gasteiger partial charge in [-0.2, -0.15) is 0 Å². The number of aliphatic hydroxyl groups excluding tert-OH is 1. The highest BCUT2D eigenvalue weighted by molar-refractivity contribution is 5.75. The molecule has 1 heterocycles. The van der Waals surface area contributed by atoms with E-state index in [1.807, 2.05) is 24.3 Å². The molecule has 0 fully saturated rings. The minimum absolute atomic E-state index is 0.0761. The van der Waals surface area contributed by atoms with Crippen molar-refractivity contribution in [2.24, 2.45) is 5.41 Å². The molecule has 0 spiro atoms. The number of aliphatic hydroxyl groups is 1. The minimum atomic E-state index is -0.0761. The summed E-state index contributed by atoms with van der Waals surface area (Å²) in [5.41, 5.74) is 1.70. The Kier molecular flexibility index (Phi) is 4.32. The van der Waals surface area contributed by atoms with Crippen LogP contribution in [0.4, 0.5) is 5.82 Å². The second kappa shape index (κ2) is 5.97. The maximum atomic E-state index is 9.55. The molecular weight excluding hydrogens is 238 g/mol. The van der Waals surface area contributed by atoms with E-state index >= 15 is 0 Å². The summed E-state index contributed by atoms with van der Waals surface area (Å²) in [4.78, 5) is 8.90. The second-order valence-electron chi connectivity index (χ2n) is 4.96. The molecule has 0 unspecified atom stereocenters. The van der Waals surface area contributed by atoms with Gasteiger partial charge in [-0.3, -0.25) is 4.98 Å². The molecule has 4 heteroatoms. The molecule has 2 aromatic rings. The standard InChI is InChI=1S/C15H21N3O/c1-3-15(4-2,11-19)10-17-14-9-16-12-7-5-6-8-13(12)18-14/h5-9,19H,3-4,10-11H2,1-2H3,(H,17,18). The molecule has 0 atom stereocenters. The van der Waals surface area contributed by atoms with E-state index in [0.29, 0.717) is 6.54 Å². The Balaban J connectivity index is 2.13. The molecule has 1 aromatic carbocycles. The van der Waals surface area contributed by atoms with Crippen LogP contribution in [0.15, 0.2) is 30.5 Å². The number of para-hydroxylation sites is 2. The average Bonchev–Trinajstić information content (AvgIpc) is 2.49. The fourth-order valence-corrected chi connectivity index (χ4v) is 2.10. The molecule has 102 valence electrons. The average molecular weight is 259 g/mol. The zero-order chi connectivity index (χ0) is 13.7. The number of benzene rings is 1. The van der Waals surface area contributed by atoms with Gasteiger partial charge < -0.3 is 10.4 Å². The Morgan fingerprint density at radius 2 is 1.84 bits per heavy atom. The monoisotopic (exact) mass is 259 g/mol. The Morgan fingerprint density at radius 1 is 1.16 bits per heavy atom. The van der Waals surface area contributed by atoms with Gasteiger partial charge in [0.15, 0.2) is 0 Å². The lowest BCUT2D eigenvalue weighted by molar-refractivity contribution is 0.127. The Hall–Kier alpha value is -1.68. The van der Waals surface area contributed by atoms with Gasteiger partial charge in [0.2, 0.25) is 0 Å². The number of hydrogen-bond acceptors (Lipinski definition) is 4. The van der Waals surface area contributed by atoms with Crippen molar-refractivity contribution >= 4 is 16.9 Å². The van der Waals surface area contributed by atoms with Crippen molar-refractivity contribution in [3.8, 4) is 0 Å². The Labute approximate surface area is 113 Å². The van der Waals surface area contributed by atoms with Crippen molar-refractivity contribution < 1.29 is 5.11 Å². The van der Waals surface area contributed by atoms with Crippen LogP contribution < -0.4 is 5.32 Å². The van der Waals surface area contributed by atoms with E-state index < -0.39 is 0 Å². The normalized spacial score (nSPS) is 11.7. The van der Waals surface area contributed by atoms with Gasteiger partial charge in [0.25, 0.3) is 0 Å². The lowest BCUT2D eigenvalue weighted by atomic mass is 9.83. The van der Waals surface area contributed by atoms with Crippen LogP contribution in [-0.2, 0) is 0 Å². The van der Waals surface area contributed by atoms with E-state index in [0.717, 1.165) is 29.7 Å². The molecule has 1 aromatic heterocycles. The van der Waals surface area contributed by atoms with E-state index in [4.69, 9.17) is 0 Å². The molecule has 4 nitrogen and oxygen atoms in total. The molecule has 19 heavy (non-hydrogen) atoms. The van der Waals surface area contributed by atoms with E-state index in [-0.39, 0.29) is 12.0 Å². The van der Waals surface area contributed by atoms with Crippen molar-refractivity contribution in [2.75, 3.05) is 18.5 Å². The van der Waals surface area contributed by atoms with Crippen molar-refractivity contribution in [2.45, 2.75) is 26.7 Å². The molecule has 0 saturated heterocycles. The SMILES string of the molecule is CCC(CC)(CO)CNc1cnc2ccccc2n1. The molecule has 2 rings (SSSR count). The number of fused-ring (bicyclic) bond motifs is 1. The van der Waals surface area contributed by atoms with Gasteiger partial charge in [0.05, 0.1) is 23.8 Å². The summed E-state index contributed by atoms with van der Waals surface area (Å²) in [7, 11) is 0. The van der Waals surface area contributed by atoms with E-state index in [2.05, 4.69) is 29.1 Å². The van der Waals surface area contributed by atoms with Gasteiger partial charge >= 0.3 is 0 Å². The van der Waals surface area contributed by atoms with Crippen LogP contribution in [0.25, 0.3) is 11.0 Å². The molecule has 0 aliphatic heterocycles. The summed E-state index contributed by atoms with van der Waals surface area (Å²) in [6.07, 6.45) is 3.62. The number of hydrogen-bond donors (Lipinski definition) is 2. The first-order chi connectivity index (χ1) is 9.23. The molecule has 0 bridgehead atoms. The molecule has 2 N–H and O–H groups in total. The highest BCUT2D eigenvalue weighted by Crippen LogP contribution is 2.25. The smallest absolute Gasteiger partial charge is 0.145 e. The lowest BCUT2D eigenvalue weighted by Gasteiger charge is -2.29. The first-order valence-corrected chi connectivity index (χ1v) is 6.79. The van der Waals surface area contributed by atoms with Gasteiger partial charge in [-0.1, -0.05) is 26.0 Å². The number of nitrogens with zero attached hydrogens (tertiary/aromatic N) is 2. The van der Waals surface area contributed by atoms with Crippen LogP contribution in [0.2, 0.25) is 0 Å². The summed E-state index contributed by atoms with van der Waals surface area (Å²) in [6, 6.07) is 7.81. The van der Waals surface area contributed by atoms with Crippen molar-refractivity contribution in [1.29, 1.82) is 0 Å². The summed E-state index contributed by atoms with van der Waals surface area (Å²) in [5, 5.41) is 12.8. The summed E-state index contributed by atoms with van der Waals surface area (Å²) in [6.45, 7) is 5.11. The van der Waals surface area contributed by atoms with Crippen molar-refractivity contribution in [3.63, 3.8) is 0 Å². The van der Waals surface area contributed by atoms with Crippen LogP contribution in [0.1, 0.15) is 26.7 Å². The van der Waals surface area contributed by atoms with Crippen LogP contribution in [-0.4, -0.2) is 28.2 Å². The molecule has 0 aliphatic rings. The third-order valence-electron chi connectivity index (χ3n) is 3.93. The first kappa shape index (κ1) is 13.7.